The van der Waals surface area contributed by atoms with Gasteiger partial charge in [0.15, 0.2) is 5.76 Å². The van der Waals surface area contributed by atoms with Crippen molar-refractivity contribution in [3.63, 3.8) is 0 Å². The largest absolute Gasteiger partial charge is 0.459 e. The second-order valence-electron chi connectivity index (χ2n) is 6.41. The standard InChI is InChI=1S/C21H18N4O5/c1-13-11-16(8-9-18(13)25(28)29)20(26)24-23-14(2)15-5-3-6-17(12-15)22-21(27)19-7-4-10-30-19/h3-12H,1-2H3,(H,22,27)(H,24,26). The molecule has 0 aliphatic rings. The third kappa shape index (κ3) is 4.76. The first-order valence-corrected chi connectivity index (χ1v) is 8.90. The molecule has 0 aliphatic carbocycles. The summed E-state index contributed by atoms with van der Waals surface area (Å²) in [5.74, 6) is -0.681. The highest BCUT2D eigenvalue weighted by atomic mass is 16.6. The Morgan fingerprint density at radius 3 is 2.50 bits per heavy atom. The van der Waals surface area contributed by atoms with Gasteiger partial charge in [0.1, 0.15) is 0 Å². The average molecular weight is 406 g/mol. The van der Waals surface area contributed by atoms with E-state index in [0.29, 0.717) is 22.5 Å². The number of carbonyl (C=O) groups excluding carboxylic acids is 2. The van der Waals surface area contributed by atoms with Crippen LogP contribution in [-0.4, -0.2) is 22.4 Å². The Morgan fingerprint density at radius 1 is 1.03 bits per heavy atom. The van der Waals surface area contributed by atoms with E-state index in [0.717, 1.165) is 0 Å². The molecule has 30 heavy (non-hydrogen) atoms. The first kappa shape index (κ1) is 20.5. The van der Waals surface area contributed by atoms with E-state index in [9.17, 15) is 19.7 Å². The Morgan fingerprint density at radius 2 is 1.83 bits per heavy atom. The highest BCUT2D eigenvalue weighted by molar-refractivity contribution is 6.04. The number of carbonyl (C=O) groups is 2. The first-order valence-electron chi connectivity index (χ1n) is 8.90. The second-order valence-corrected chi connectivity index (χ2v) is 6.41. The monoisotopic (exact) mass is 406 g/mol. The molecule has 3 aromatic rings. The van der Waals surface area contributed by atoms with Crippen molar-refractivity contribution in [3.8, 4) is 0 Å². The summed E-state index contributed by atoms with van der Waals surface area (Å²) in [5.41, 5.74) is 4.76. The van der Waals surface area contributed by atoms with Crippen molar-refractivity contribution in [2.24, 2.45) is 5.10 Å². The Kier molecular flexibility index (Phi) is 6.02. The molecule has 0 unspecified atom stereocenters. The van der Waals surface area contributed by atoms with Gasteiger partial charge in [-0.15, -0.1) is 0 Å². The summed E-state index contributed by atoms with van der Waals surface area (Å²) >= 11 is 0. The molecular weight excluding hydrogens is 388 g/mol. The number of rotatable bonds is 6. The Bertz CT molecular complexity index is 1140. The maximum absolute atomic E-state index is 12.3. The van der Waals surface area contributed by atoms with Crippen molar-refractivity contribution < 1.29 is 18.9 Å². The number of anilines is 1. The zero-order valence-electron chi connectivity index (χ0n) is 16.2. The quantitative estimate of drug-likeness (QED) is 0.365. The summed E-state index contributed by atoms with van der Waals surface area (Å²) in [4.78, 5) is 34.8. The number of hydrogen-bond acceptors (Lipinski definition) is 6. The lowest BCUT2D eigenvalue weighted by atomic mass is 10.1. The van der Waals surface area contributed by atoms with Crippen LogP contribution in [-0.2, 0) is 0 Å². The average Bonchev–Trinajstić information content (AvgIpc) is 3.26. The number of nitrogens with one attached hydrogen (secondary N) is 2. The molecule has 9 heteroatoms. The number of nitro groups is 1. The minimum atomic E-state index is -0.503. The molecule has 0 saturated carbocycles. The summed E-state index contributed by atoms with van der Waals surface area (Å²) in [6.45, 7) is 3.26. The zero-order chi connectivity index (χ0) is 21.7. The summed E-state index contributed by atoms with van der Waals surface area (Å²) in [7, 11) is 0. The van der Waals surface area contributed by atoms with Gasteiger partial charge in [0.2, 0.25) is 0 Å². The molecule has 0 saturated heterocycles. The number of benzene rings is 2. The lowest BCUT2D eigenvalue weighted by Crippen LogP contribution is -2.19. The minimum Gasteiger partial charge on any atom is -0.459 e. The van der Waals surface area contributed by atoms with Gasteiger partial charge in [0.25, 0.3) is 17.5 Å². The van der Waals surface area contributed by atoms with E-state index in [1.165, 1.54) is 24.5 Å². The molecule has 9 nitrogen and oxygen atoms in total. The van der Waals surface area contributed by atoms with Crippen LogP contribution in [0, 0.1) is 17.0 Å². The first-order chi connectivity index (χ1) is 14.3. The third-order valence-corrected chi connectivity index (χ3v) is 4.26. The van der Waals surface area contributed by atoms with Crippen LogP contribution >= 0.6 is 0 Å². The number of nitrogens with zero attached hydrogens (tertiary/aromatic N) is 2. The van der Waals surface area contributed by atoms with Gasteiger partial charge in [-0.3, -0.25) is 19.7 Å². The van der Waals surface area contributed by atoms with E-state index in [4.69, 9.17) is 4.42 Å². The van der Waals surface area contributed by atoms with E-state index in [1.807, 2.05) is 0 Å². The van der Waals surface area contributed by atoms with E-state index in [1.54, 1.807) is 50.2 Å². The fourth-order valence-corrected chi connectivity index (χ4v) is 2.69. The molecule has 0 fully saturated rings. The lowest BCUT2D eigenvalue weighted by molar-refractivity contribution is -0.385. The maximum atomic E-state index is 12.3. The van der Waals surface area contributed by atoms with Crippen LogP contribution in [0.25, 0.3) is 0 Å². The summed E-state index contributed by atoms with van der Waals surface area (Å²) < 4.78 is 5.06. The van der Waals surface area contributed by atoms with Crippen molar-refractivity contribution in [3.05, 3.63) is 93.4 Å². The Labute approximate surface area is 171 Å². The van der Waals surface area contributed by atoms with Crippen LogP contribution < -0.4 is 10.7 Å². The molecule has 3 rings (SSSR count). The summed E-state index contributed by atoms with van der Waals surface area (Å²) in [6.07, 6.45) is 1.41. The molecule has 2 amide bonds. The molecule has 0 bridgehead atoms. The van der Waals surface area contributed by atoms with E-state index < -0.39 is 10.8 Å². The van der Waals surface area contributed by atoms with Crippen LogP contribution in [0.15, 0.2) is 70.4 Å². The van der Waals surface area contributed by atoms with E-state index in [2.05, 4.69) is 15.8 Å². The Hall–Kier alpha value is -4.27. The smallest absolute Gasteiger partial charge is 0.291 e. The van der Waals surface area contributed by atoms with Crippen LogP contribution in [0.1, 0.15) is 39.0 Å². The van der Waals surface area contributed by atoms with Crippen molar-refractivity contribution >= 4 is 28.9 Å². The van der Waals surface area contributed by atoms with Crippen molar-refractivity contribution in [2.75, 3.05) is 5.32 Å². The number of amides is 2. The Balaban J connectivity index is 1.69. The molecule has 0 radical (unpaired) electrons. The predicted molar refractivity (Wildman–Crippen MR) is 111 cm³/mol. The fraction of sp³-hybridized carbons (Fsp3) is 0.0952. The van der Waals surface area contributed by atoms with Gasteiger partial charge in [0.05, 0.1) is 16.9 Å². The number of aryl methyl sites for hydroxylation is 1. The highest BCUT2D eigenvalue weighted by Crippen LogP contribution is 2.19. The van der Waals surface area contributed by atoms with Gasteiger partial charge in [-0.25, -0.2) is 5.43 Å². The van der Waals surface area contributed by atoms with Gasteiger partial charge in [0, 0.05) is 22.9 Å². The SMILES string of the molecule is CC(=NNC(=O)c1ccc([N+](=O)[O-])c(C)c1)c1cccc(NC(=O)c2ccco2)c1. The molecule has 2 aromatic carbocycles. The zero-order valence-corrected chi connectivity index (χ0v) is 16.2. The van der Waals surface area contributed by atoms with Crippen molar-refractivity contribution in [1.82, 2.24) is 5.43 Å². The third-order valence-electron chi connectivity index (χ3n) is 4.26. The lowest BCUT2D eigenvalue weighted by Gasteiger charge is -2.07. The van der Waals surface area contributed by atoms with Crippen LogP contribution in [0.4, 0.5) is 11.4 Å². The van der Waals surface area contributed by atoms with Gasteiger partial charge in [-0.05, 0) is 55.8 Å². The molecule has 1 aromatic heterocycles. The van der Waals surface area contributed by atoms with Gasteiger partial charge in [-0.2, -0.15) is 5.10 Å². The van der Waals surface area contributed by atoms with Crippen molar-refractivity contribution in [2.45, 2.75) is 13.8 Å². The number of nitro benzene ring substituents is 1. The highest BCUT2D eigenvalue weighted by Gasteiger charge is 2.14. The van der Waals surface area contributed by atoms with Crippen molar-refractivity contribution in [1.29, 1.82) is 0 Å². The molecule has 0 atom stereocenters. The van der Waals surface area contributed by atoms with Gasteiger partial charge >= 0.3 is 0 Å². The van der Waals surface area contributed by atoms with Crippen LogP contribution in [0.3, 0.4) is 0 Å². The van der Waals surface area contributed by atoms with Gasteiger partial charge in [-0.1, -0.05) is 12.1 Å². The number of hydrazone groups is 1. The maximum Gasteiger partial charge on any atom is 0.291 e. The van der Waals surface area contributed by atoms with Gasteiger partial charge < -0.3 is 9.73 Å². The summed E-state index contributed by atoms with van der Waals surface area (Å²) in [6, 6.07) is 14.2. The van der Waals surface area contributed by atoms with E-state index in [-0.39, 0.29) is 22.9 Å². The normalized spacial score (nSPS) is 11.1. The topological polar surface area (TPSA) is 127 Å². The molecule has 0 aliphatic heterocycles. The molecule has 2 N–H and O–H groups in total. The molecule has 152 valence electrons. The van der Waals surface area contributed by atoms with Crippen LogP contribution in [0.2, 0.25) is 0 Å². The fourth-order valence-electron chi connectivity index (χ4n) is 2.69. The number of furan rings is 1. The molecule has 0 spiro atoms. The van der Waals surface area contributed by atoms with E-state index >= 15 is 0 Å². The second kappa shape index (κ2) is 8.82. The number of hydrogen-bond donors (Lipinski definition) is 2. The summed E-state index contributed by atoms with van der Waals surface area (Å²) in [5, 5.41) is 17.7. The van der Waals surface area contributed by atoms with Crippen LogP contribution in [0.5, 0.6) is 0 Å². The minimum absolute atomic E-state index is 0.0559. The molecular formula is C21H18N4O5. The molecule has 1 heterocycles. The predicted octanol–water partition coefficient (Wildman–Crippen LogP) is 3.90.